The summed E-state index contributed by atoms with van der Waals surface area (Å²) in [6.45, 7) is 4.69. The fourth-order valence-corrected chi connectivity index (χ4v) is 3.66. The highest BCUT2D eigenvalue weighted by Crippen LogP contribution is 2.19. The first-order chi connectivity index (χ1) is 13.1. The van der Waals surface area contributed by atoms with Gasteiger partial charge in [0, 0.05) is 23.6 Å². The van der Waals surface area contributed by atoms with Gasteiger partial charge in [-0.25, -0.2) is 4.79 Å². The van der Waals surface area contributed by atoms with Crippen LogP contribution in [0.25, 0.3) is 0 Å². The molecule has 0 radical (unpaired) electrons. The maximum atomic E-state index is 12.5. The van der Waals surface area contributed by atoms with Crippen molar-refractivity contribution in [2.24, 2.45) is 5.92 Å². The van der Waals surface area contributed by atoms with Crippen molar-refractivity contribution in [2.75, 3.05) is 6.61 Å². The Balaban J connectivity index is 1.89. The molecule has 3 rings (SSSR count). The number of aromatic nitrogens is 2. The molecule has 1 aromatic carbocycles. The predicted octanol–water partition coefficient (Wildman–Crippen LogP) is 3.58. The van der Waals surface area contributed by atoms with Gasteiger partial charge in [-0.1, -0.05) is 56.3 Å². The van der Waals surface area contributed by atoms with Gasteiger partial charge in [-0.3, -0.25) is 14.3 Å². The molecule has 27 heavy (non-hydrogen) atoms. The van der Waals surface area contributed by atoms with Crippen molar-refractivity contribution in [1.82, 2.24) is 9.55 Å². The Morgan fingerprint density at radius 1 is 1.22 bits per heavy atom. The normalized spacial score (nSPS) is 16.8. The van der Waals surface area contributed by atoms with E-state index >= 15 is 0 Å². The zero-order valence-corrected chi connectivity index (χ0v) is 16.1. The second-order valence-corrected chi connectivity index (χ2v) is 7.48. The van der Waals surface area contributed by atoms with Gasteiger partial charge >= 0.3 is 5.69 Å². The second-order valence-electron chi connectivity index (χ2n) is 7.48. The van der Waals surface area contributed by atoms with Gasteiger partial charge in [0.25, 0.3) is 5.56 Å². The van der Waals surface area contributed by atoms with Gasteiger partial charge in [-0.15, -0.1) is 0 Å². The minimum absolute atomic E-state index is 0.0144. The highest BCUT2D eigenvalue weighted by atomic mass is 16.5. The Bertz CT molecular complexity index is 894. The molecule has 0 spiro atoms. The highest BCUT2D eigenvalue weighted by Gasteiger charge is 2.18. The van der Waals surface area contributed by atoms with Crippen molar-refractivity contribution in [1.29, 1.82) is 0 Å². The Morgan fingerprint density at radius 3 is 2.67 bits per heavy atom. The lowest BCUT2D eigenvalue weighted by Crippen LogP contribution is -2.37. The van der Waals surface area contributed by atoms with E-state index in [-0.39, 0.29) is 18.2 Å². The maximum absolute atomic E-state index is 12.5. The Hall–Kier alpha value is -2.40. The Kier molecular flexibility index (Phi) is 6.45. The molecule has 1 aliphatic rings. The molecule has 1 unspecified atom stereocenters. The van der Waals surface area contributed by atoms with Crippen LogP contribution < -0.4 is 11.2 Å². The van der Waals surface area contributed by atoms with Crippen LogP contribution in [0.5, 0.6) is 0 Å². The van der Waals surface area contributed by atoms with Gasteiger partial charge in [0.15, 0.2) is 0 Å². The van der Waals surface area contributed by atoms with Gasteiger partial charge < -0.3 is 4.74 Å². The van der Waals surface area contributed by atoms with Crippen molar-refractivity contribution >= 4 is 0 Å². The molecule has 1 N–H and O–H groups in total. The summed E-state index contributed by atoms with van der Waals surface area (Å²) in [7, 11) is 0. The third kappa shape index (κ3) is 4.86. The molecule has 0 fully saturated rings. The number of allylic oxidation sites excluding steroid dienone is 1. The number of H-pyrrole nitrogens is 1. The van der Waals surface area contributed by atoms with Gasteiger partial charge in [0.05, 0.1) is 6.61 Å². The third-order valence-corrected chi connectivity index (χ3v) is 5.04. The van der Waals surface area contributed by atoms with Crippen molar-refractivity contribution in [3.05, 3.63) is 80.1 Å². The number of benzene rings is 1. The van der Waals surface area contributed by atoms with Crippen LogP contribution in [0.3, 0.4) is 0 Å². The number of nitrogens with one attached hydrogen (secondary N) is 1. The number of hydrogen-bond donors (Lipinski definition) is 1. The molecule has 0 saturated carbocycles. The topological polar surface area (TPSA) is 64.1 Å². The first-order valence-electron chi connectivity index (χ1n) is 9.70. The largest absolute Gasteiger partial charge is 0.360 e. The van der Waals surface area contributed by atoms with Crippen molar-refractivity contribution in [2.45, 2.75) is 52.2 Å². The summed E-state index contributed by atoms with van der Waals surface area (Å²) in [6.07, 6.45) is 8.35. The summed E-state index contributed by atoms with van der Waals surface area (Å²) in [5, 5.41) is 0. The molecular formula is C22H28N2O3. The molecule has 0 amide bonds. The van der Waals surface area contributed by atoms with Crippen molar-refractivity contribution < 1.29 is 4.74 Å². The van der Waals surface area contributed by atoms with Crippen LogP contribution in [-0.2, 0) is 17.9 Å². The van der Waals surface area contributed by atoms with Crippen molar-refractivity contribution in [3.8, 4) is 0 Å². The van der Waals surface area contributed by atoms with Crippen LogP contribution in [0, 0.1) is 5.92 Å². The zero-order chi connectivity index (χ0) is 19.2. The summed E-state index contributed by atoms with van der Waals surface area (Å²) < 4.78 is 7.46. The van der Waals surface area contributed by atoms with Gasteiger partial charge in [-0.05, 0) is 30.7 Å². The van der Waals surface area contributed by atoms with E-state index in [2.05, 4.69) is 17.1 Å². The SMILES string of the molecule is CC(C)c1c(Cc2ccccc2)n(COCC2C=CCCC2)c(=O)[nH]c1=O. The standard InChI is InChI=1S/C22H28N2O3/c1-16(2)20-19(13-17-9-5-3-6-10-17)24(22(26)23-21(20)25)15-27-14-18-11-7-4-8-12-18/h3,5-7,9-11,16,18H,4,8,12-15H2,1-2H3,(H,23,25,26). The summed E-state index contributed by atoms with van der Waals surface area (Å²) in [4.78, 5) is 27.4. The van der Waals surface area contributed by atoms with Crippen LogP contribution in [0.2, 0.25) is 0 Å². The lowest BCUT2D eigenvalue weighted by Gasteiger charge is -2.20. The van der Waals surface area contributed by atoms with Gasteiger partial charge in [-0.2, -0.15) is 0 Å². The molecule has 1 aromatic heterocycles. The molecule has 0 aliphatic heterocycles. The fourth-order valence-electron chi connectivity index (χ4n) is 3.66. The summed E-state index contributed by atoms with van der Waals surface area (Å²) in [6, 6.07) is 9.90. The number of hydrogen-bond acceptors (Lipinski definition) is 3. The number of nitrogens with zero attached hydrogens (tertiary/aromatic N) is 1. The smallest absolute Gasteiger partial charge is 0.330 e. The van der Waals surface area contributed by atoms with Crippen LogP contribution in [0.4, 0.5) is 0 Å². The maximum Gasteiger partial charge on any atom is 0.330 e. The molecular weight excluding hydrogens is 340 g/mol. The predicted molar refractivity (Wildman–Crippen MR) is 107 cm³/mol. The average Bonchev–Trinajstić information content (AvgIpc) is 2.65. The molecule has 1 aliphatic carbocycles. The third-order valence-electron chi connectivity index (χ3n) is 5.04. The molecule has 144 valence electrons. The van der Waals surface area contributed by atoms with Crippen LogP contribution in [-0.4, -0.2) is 16.2 Å². The monoisotopic (exact) mass is 368 g/mol. The Labute approximate surface area is 159 Å². The van der Waals surface area contributed by atoms with Crippen molar-refractivity contribution in [3.63, 3.8) is 0 Å². The minimum Gasteiger partial charge on any atom is -0.360 e. The van der Waals surface area contributed by atoms with Gasteiger partial charge in [0.2, 0.25) is 0 Å². The lowest BCUT2D eigenvalue weighted by molar-refractivity contribution is 0.0522. The summed E-state index contributed by atoms with van der Waals surface area (Å²) in [5.41, 5.74) is 1.75. The molecule has 1 atom stereocenters. The fraction of sp³-hybridized carbons (Fsp3) is 0.455. The van der Waals surface area contributed by atoms with Crippen LogP contribution in [0.15, 0.2) is 52.1 Å². The minimum atomic E-state index is -0.408. The van der Waals surface area contributed by atoms with E-state index in [9.17, 15) is 9.59 Å². The first-order valence-corrected chi connectivity index (χ1v) is 9.70. The second kappa shape index (κ2) is 9.00. The lowest BCUT2D eigenvalue weighted by atomic mass is 9.97. The molecule has 5 nitrogen and oxygen atoms in total. The quantitative estimate of drug-likeness (QED) is 0.760. The van der Waals surface area contributed by atoms with E-state index in [4.69, 9.17) is 4.74 Å². The van der Waals surface area contributed by atoms with E-state index in [1.807, 2.05) is 44.2 Å². The highest BCUT2D eigenvalue weighted by molar-refractivity contribution is 5.28. The molecule has 5 heteroatoms. The van der Waals surface area contributed by atoms with E-state index < -0.39 is 5.69 Å². The van der Waals surface area contributed by atoms with Crippen LogP contribution in [0.1, 0.15) is 55.8 Å². The van der Waals surface area contributed by atoms with E-state index in [0.717, 1.165) is 24.1 Å². The number of rotatable bonds is 7. The molecule has 0 saturated heterocycles. The van der Waals surface area contributed by atoms with E-state index in [0.29, 0.717) is 24.5 Å². The summed E-state index contributed by atoms with van der Waals surface area (Å²) >= 11 is 0. The van der Waals surface area contributed by atoms with E-state index in [1.165, 1.54) is 6.42 Å². The first kappa shape index (κ1) is 19.4. The molecule has 1 heterocycles. The molecule has 0 bridgehead atoms. The van der Waals surface area contributed by atoms with Crippen LogP contribution >= 0.6 is 0 Å². The number of aromatic amines is 1. The molecule has 2 aromatic rings. The zero-order valence-electron chi connectivity index (χ0n) is 16.1. The van der Waals surface area contributed by atoms with Gasteiger partial charge in [0.1, 0.15) is 6.73 Å². The number of ether oxygens (including phenoxy) is 1. The average molecular weight is 368 g/mol. The summed E-state index contributed by atoms with van der Waals surface area (Å²) in [5.74, 6) is 0.417. The Morgan fingerprint density at radius 2 is 2.00 bits per heavy atom. The van der Waals surface area contributed by atoms with E-state index in [1.54, 1.807) is 4.57 Å².